The molecule has 4 heteroatoms. The number of carbonyl (C=O) groups excluding carboxylic acids is 1. The minimum atomic E-state index is -0.250. The topological polar surface area (TPSA) is 38.3 Å². The van der Waals surface area contributed by atoms with Gasteiger partial charge in [0.25, 0.3) is 0 Å². The molecule has 0 atom stereocenters. The quantitative estimate of drug-likeness (QED) is 0.637. The Morgan fingerprint density at radius 1 is 1.23 bits per heavy atom. The minimum absolute atomic E-state index is 0.116. The third-order valence-electron chi connectivity index (χ3n) is 3.09. The van der Waals surface area contributed by atoms with Crippen LogP contribution < -0.4 is 10.1 Å². The van der Waals surface area contributed by atoms with Gasteiger partial charge in [-0.3, -0.25) is 4.79 Å². The van der Waals surface area contributed by atoms with Crippen LogP contribution in [-0.2, 0) is 0 Å². The van der Waals surface area contributed by atoms with Crippen molar-refractivity contribution >= 4 is 11.5 Å². The van der Waals surface area contributed by atoms with E-state index in [-0.39, 0.29) is 11.6 Å². The van der Waals surface area contributed by atoms with Gasteiger partial charge in [-0.15, -0.1) is 0 Å². The Bertz CT molecular complexity index is 678. The normalized spacial score (nSPS) is 10.7. The maximum absolute atomic E-state index is 13.1. The number of aryl methyl sites for hydroxylation is 1. The summed E-state index contributed by atoms with van der Waals surface area (Å²) >= 11 is 0. The van der Waals surface area contributed by atoms with Gasteiger partial charge >= 0.3 is 0 Å². The number of benzene rings is 2. The molecule has 0 bridgehead atoms. The molecule has 0 aliphatic rings. The van der Waals surface area contributed by atoms with E-state index in [4.69, 9.17) is 4.74 Å². The average Bonchev–Trinajstić information content (AvgIpc) is 2.52. The smallest absolute Gasteiger partial charge is 0.187 e. The van der Waals surface area contributed by atoms with Crippen LogP contribution in [0.5, 0.6) is 5.75 Å². The molecule has 0 aliphatic heterocycles. The molecule has 0 saturated carbocycles. The molecule has 0 aromatic heterocycles. The second-order valence-electron chi connectivity index (χ2n) is 4.76. The van der Waals surface area contributed by atoms with Crippen LogP contribution in [0.25, 0.3) is 0 Å². The van der Waals surface area contributed by atoms with Gasteiger partial charge in [-0.25, -0.2) is 4.39 Å². The zero-order valence-corrected chi connectivity index (χ0v) is 12.6. The number of ether oxygens (including phenoxy) is 1. The van der Waals surface area contributed by atoms with Crippen molar-refractivity contribution < 1.29 is 13.9 Å². The predicted molar refractivity (Wildman–Crippen MR) is 85.8 cm³/mol. The molecule has 0 spiro atoms. The Hall–Kier alpha value is -2.62. The van der Waals surface area contributed by atoms with Crippen molar-refractivity contribution in [3.63, 3.8) is 0 Å². The molecule has 2 aromatic rings. The van der Waals surface area contributed by atoms with E-state index >= 15 is 0 Å². The zero-order chi connectivity index (χ0) is 15.9. The van der Waals surface area contributed by atoms with E-state index in [9.17, 15) is 9.18 Å². The fraction of sp³-hybridized carbons (Fsp3) is 0.167. The van der Waals surface area contributed by atoms with E-state index in [1.54, 1.807) is 49.5 Å². The number of hydrogen-bond acceptors (Lipinski definition) is 3. The lowest BCUT2D eigenvalue weighted by molar-refractivity contribution is 0.104. The maximum Gasteiger partial charge on any atom is 0.187 e. The molecule has 3 nitrogen and oxygen atoms in total. The molecule has 2 rings (SSSR count). The van der Waals surface area contributed by atoms with Crippen molar-refractivity contribution in [1.82, 2.24) is 0 Å². The Kier molecular flexibility index (Phi) is 5.31. The van der Waals surface area contributed by atoms with Crippen molar-refractivity contribution in [2.45, 2.75) is 13.8 Å². The Labute approximate surface area is 129 Å². The van der Waals surface area contributed by atoms with Gasteiger partial charge in [-0.1, -0.05) is 0 Å². The summed E-state index contributed by atoms with van der Waals surface area (Å²) in [4.78, 5) is 12.0. The SMILES string of the molecule is CCOc1ccc(C(=O)C=CNc2ccc(F)c(C)c2)cc1. The van der Waals surface area contributed by atoms with Crippen molar-refractivity contribution in [2.24, 2.45) is 0 Å². The second kappa shape index (κ2) is 7.41. The molecule has 0 radical (unpaired) electrons. The van der Waals surface area contributed by atoms with Gasteiger partial charge in [0.1, 0.15) is 11.6 Å². The predicted octanol–water partition coefficient (Wildman–Crippen LogP) is 4.34. The van der Waals surface area contributed by atoms with Gasteiger partial charge in [0.2, 0.25) is 0 Å². The minimum Gasteiger partial charge on any atom is -0.494 e. The first-order chi connectivity index (χ1) is 10.6. The molecular formula is C18H18FNO2. The van der Waals surface area contributed by atoms with Gasteiger partial charge in [0.05, 0.1) is 6.61 Å². The number of allylic oxidation sites excluding steroid dienone is 1. The average molecular weight is 299 g/mol. The number of anilines is 1. The highest BCUT2D eigenvalue weighted by Crippen LogP contribution is 2.14. The van der Waals surface area contributed by atoms with Crippen molar-refractivity contribution in [3.8, 4) is 5.75 Å². The lowest BCUT2D eigenvalue weighted by atomic mass is 10.1. The lowest BCUT2D eigenvalue weighted by Gasteiger charge is -2.04. The molecule has 0 saturated heterocycles. The summed E-state index contributed by atoms with van der Waals surface area (Å²) in [6.45, 7) is 4.19. The van der Waals surface area contributed by atoms with Crippen LogP contribution in [0.1, 0.15) is 22.8 Å². The summed E-state index contributed by atoms with van der Waals surface area (Å²) in [7, 11) is 0. The fourth-order valence-electron chi connectivity index (χ4n) is 1.93. The number of ketones is 1. The first-order valence-electron chi connectivity index (χ1n) is 7.06. The largest absolute Gasteiger partial charge is 0.494 e. The molecule has 1 N–H and O–H groups in total. The van der Waals surface area contributed by atoms with Crippen LogP contribution in [0, 0.1) is 12.7 Å². The number of hydrogen-bond donors (Lipinski definition) is 1. The number of carbonyl (C=O) groups is 1. The Morgan fingerprint density at radius 2 is 1.95 bits per heavy atom. The van der Waals surface area contributed by atoms with Crippen molar-refractivity contribution in [1.29, 1.82) is 0 Å². The maximum atomic E-state index is 13.1. The molecule has 0 unspecified atom stereocenters. The molecule has 0 amide bonds. The first kappa shape index (κ1) is 15.8. The Morgan fingerprint density at radius 3 is 2.59 bits per heavy atom. The number of rotatable bonds is 6. The summed E-state index contributed by atoms with van der Waals surface area (Å²) in [6, 6.07) is 11.7. The summed E-state index contributed by atoms with van der Waals surface area (Å²) in [5.74, 6) is 0.373. The molecule has 22 heavy (non-hydrogen) atoms. The second-order valence-corrected chi connectivity index (χ2v) is 4.76. The van der Waals surface area contributed by atoms with Crippen molar-refractivity contribution in [3.05, 3.63) is 71.7 Å². The van der Waals surface area contributed by atoms with Crippen LogP contribution in [0.2, 0.25) is 0 Å². The fourth-order valence-corrected chi connectivity index (χ4v) is 1.93. The van der Waals surface area contributed by atoms with Gasteiger partial charge in [0, 0.05) is 23.5 Å². The van der Waals surface area contributed by atoms with E-state index in [2.05, 4.69) is 5.32 Å². The summed E-state index contributed by atoms with van der Waals surface area (Å²) < 4.78 is 18.5. The molecule has 0 fully saturated rings. The van der Waals surface area contributed by atoms with Crippen LogP contribution >= 0.6 is 0 Å². The molecular weight excluding hydrogens is 281 g/mol. The summed E-state index contributed by atoms with van der Waals surface area (Å²) in [5, 5.41) is 2.95. The van der Waals surface area contributed by atoms with Crippen LogP contribution in [-0.4, -0.2) is 12.4 Å². The van der Waals surface area contributed by atoms with Crippen LogP contribution in [0.4, 0.5) is 10.1 Å². The molecule has 2 aromatic carbocycles. The highest BCUT2D eigenvalue weighted by atomic mass is 19.1. The van der Waals surface area contributed by atoms with E-state index in [1.807, 2.05) is 6.92 Å². The first-order valence-corrected chi connectivity index (χ1v) is 7.06. The van der Waals surface area contributed by atoms with Crippen LogP contribution in [0.3, 0.4) is 0 Å². The van der Waals surface area contributed by atoms with E-state index in [1.165, 1.54) is 12.1 Å². The third-order valence-corrected chi connectivity index (χ3v) is 3.09. The molecule has 114 valence electrons. The van der Waals surface area contributed by atoms with Gasteiger partial charge in [0.15, 0.2) is 5.78 Å². The van der Waals surface area contributed by atoms with E-state index in [0.29, 0.717) is 17.7 Å². The highest BCUT2D eigenvalue weighted by Gasteiger charge is 2.02. The summed E-state index contributed by atoms with van der Waals surface area (Å²) in [6.07, 6.45) is 2.99. The number of nitrogens with one attached hydrogen (secondary N) is 1. The van der Waals surface area contributed by atoms with Crippen LogP contribution in [0.15, 0.2) is 54.7 Å². The monoisotopic (exact) mass is 299 g/mol. The van der Waals surface area contributed by atoms with Gasteiger partial charge in [-0.2, -0.15) is 0 Å². The molecule has 0 aliphatic carbocycles. The Balaban J connectivity index is 1.97. The zero-order valence-electron chi connectivity index (χ0n) is 12.6. The summed E-state index contributed by atoms with van der Waals surface area (Å²) in [5.41, 5.74) is 1.86. The van der Waals surface area contributed by atoms with Gasteiger partial charge < -0.3 is 10.1 Å². The lowest BCUT2D eigenvalue weighted by Crippen LogP contribution is -1.97. The third kappa shape index (κ3) is 4.19. The molecule has 0 heterocycles. The number of halogens is 1. The highest BCUT2D eigenvalue weighted by molar-refractivity contribution is 6.04. The van der Waals surface area contributed by atoms with Gasteiger partial charge in [-0.05, 0) is 61.9 Å². The van der Waals surface area contributed by atoms with Crippen molar-refractivity contribution in [2.75, 3.05) is 11.9 Å². The van der Waals surface area contributed by atoms with E-state index < -0.39 is 0 Å². The van der Waals surface area contributed by atoms with E-state index in [0.717, 1.165) is 11.4 Å². The standard InChI is InChI=1S/C18H18FNO2/c1-3-22-16-7-4-14(5-8-16)18(21)10-11-20-15-6-9-17(19)13(2)12-15/h4-12,20H,3H2,1-2H3.